The summed E-state index contributed by atoms with van der Waals surface area (Å²) < 4.78 is 10.5. The number of hydrogen-bond acceptors (Lipinski definition) is 3. The van der Waals surface area contributed by atoms with Gasteiger partial charge in [0.05, 0.1) is 6.10 Å². The van der Waals surface area contributed by atoms with Crippen molar-refractivity contribution in [2.45, 2.75) is 25.4 Å². The van der Waals surface area contributed by atoms with E-state index < -0.39 is 0 Å². The highest BCUT2D eigenvalue weighted by Gasteiger charge is 2.27. The second-order valence-electron chi connectivity index (χ2n) is 4.25. The molecule has 3 heteroatoms. The van der Waals surface area contributed by atoms with Gasteiger partial charge in [-0.1, -0.05) is 12.5 Å². The number of ether oxygens (including phenoxy) is 2. The van der Waals surface area contributed by atoms with Crippen LogP contribution in [0, 0.1) is 5.92 Å². The Morgan fingerprint density at radius 2 is 2.00 bits per heavy atom. The average molecular weight is 206 g/mol. The normalized spacial score (nSPS) is 21.1. The molecule has 15 heavy (non-hydrogen) atoms. The first kappa shape index (κ1) is 9.04. The molecule has 1 heterocycles. The topological polar surface area (TPSA) is 38.7 Å². The first-order valence-corrected chi connectivity index (χ1v) is 5.42. The maximum absolute atomic E-state index is 10.1. The van der Waals surface area contributed by atoms with Crippen LogP contribution in [0.15, 0.2) is 18.2 Å². The molecule has 0 aromatic heterocycles. The van der Waals surface area contributed by atoms with Crippen molar-refractivity contribution in [3.63, 3.8) is 0 Å². The van der Waals surface area contributed by atoms with Crippen LogP contribution in [0.3, 0.4) is 0 Å². The van der Waals surface area contributed by atoms with E-state index >= 15 is 0 Å². The highest BCUT2D eigenvalue weighted by molar-refractivity contribution is 5.45. The van der Waals surface area contributed by atoms with Gasteiger partial charge in [-0.15, -0.1) is 0 Å². The molecule has 1 saturated carbocycles. The minimum atomic E-state index is -0.340. The zero-order valence-electron chi connectivity index (χ0n) is 8.48. The summed E-state index contributed by atoms with van der Waals surface area (Å²) in [6.07, 6.45) is 3.17. The Labute approximate surface area is 88.6 Å². The third-order valence-corrected chi connectivity index (χ3v) is 3.33. The Bertz CT molecular complexity index is 371. The SMILES string of the molecule is OC(c1ccc2c(c1)OCO2)C1CCC1. The molecule has 2 aliphatic rings. The Kier molecular flexibility index (Phi) is 2.06. The van der Waals surface area contributed by atoms with Gasteiger partial charge in [0.2, 0.25) is 6.79 Å². The van der Waals surface area contributed by atoms with E-state index in [0.29, 0.717) is 5.92 Å². The van der Waals surface area contributed by atoms with Gasteiger partial charge < -0.3 is 14.6 Å². The first-order chi connectivity index (χ1) is 7.34. The predicted octanol–water partition coefficient (Wildman–Crippen LogP) is 2.25. The molecule has 1 atom stereocenters. The molecule has 1 aromatic carbocycles. The Hall–Kier alpha value is -1.22. The van der Waals surface area contributed by atoms with Crippen LogP contribution in [0.4, 0.5) is 0 Å². The number of hydrogen-bond donors (Lipinski definition) is 1. The average Bonchev–Trinajstić information content (AvgIpc) is 2.61. The number of aliphatic hydroxyl groups excluding tert-OH is 1. The van der Waals surface area contributed by atoms with Crippen molar-refractivity contribution in [2.75, 3.05) is 6.79 Å². The molecule has 0 spiro atoms. The maximum Gasteiger partial charge on any atom is 0.231 e. The van der Waals surface area contributed by atoms with Gasteiger partial charge in [-0.2, -0.15) is 0 Å². The molecule has 0 amide bonds. The second kappa shape index (κ2) is 3.42. The fraction of sp³-hybridized carbons (Fsp3) is 0.500. The van der Waals surface area contributed by atoms with Crippen molar-refractivity contribution in [2.24, 2.45) is 5.92 Å². The highest BCUT2D eigenvalue weighted by Crippen LogP contribution is 2.40. The molecule has 1 aliphatic carbocycles. The summed E-state index contributed by atoms with van der Waals surface area (Å²) in [4.78, 5) is 0. The zero-order chi connectivity index (χ0) is 10.3. The monoisotopic (exact) mass is 206 g/mol. The van der Waals surface area contributed by atoms with Gasteiger partial charge in [0.25, 0.3) is 0 Å². The quantitative estimate of drug-likeness (QED) is 0.806. The smallest absolute Gasteiger partial charge is 0.231 e. The summed E-state index contributed by atoms with van der Waals surface area (Å²) in [5, 5.41) is 10.1. The van der Waals surface area contributed by atoms with E-state index in [2.05, 4.69) is 0 Å². The van der Waals surface area contributed by atoms with Crippen molar-refractivity contribution in [3.8, 4) is 11.5 Å². The van der Waals surface area contributed by atoms with Crippen LogP contribution < -0.4 is 9.47 Å². The minimum Gasteiger partial charge on any atom is -0.454 e. The van der Waals surface area contributed by atoms with Crippen LogP contribution in [0.5, 0.6) is 11.5 Å². The molecule has 1 N–H and O–H groups in total. The standard InChI is InChI=1S/C12H14O3/c13-12(8-2-1-3-8)9-4-5-10-11(6-9)15-7-14-10/h4-6,8,12-13H,1-3,7H2. The molecule has 3 rings (SSSR count). The lowest BCUT2D eigenvalue weighted by Gasteiger charge is -2.30. The minimum absolute atomic E-state index is 0.290. The van der Waals surface area contributed by atoms with E-state index in [1.807, 2.05) is 18.2 Å². The number of rotatable bonds is 2. The van der Waals surface area contributed by atoms with Gasteiger partial charge in [-0.3, -0.25) is 0 Å². The van der Waals surface area contributed by atoms with Gasteiger partial charge in [-0.25, -0.2) is 0 Å². The van der Waals surface area contributed by atoms with E-state index in [4.69, 9.17) is 9.47 Å². The van der Waals surface area contributed by atoms with E-state index in [1.165, 1.54) is 6.42 Å². The molecule has 3 nitrogen and oxygen atoms in total. The fourth-order valence-electron chi connectivity index (χ4n) is 2.12. The molecule has 1 aliphatic heterocycles. The Morgan fingerprint density at radius 1 is 1.20 bits per heavy atom. The third kappa shape index (κ3) is 1.47. The number of aliphatic hydroxyl groups is 1. The Balaban J connectivity index is 1.85. The summed E-state index contributed by atoms with van der Waals surface area (Å²) in [5.74, 6) is 1.97. The van der Waals surface area contributed by atoms with Crippen molar-refractivity contribution < 1.29 is 14.6 Å². The molecule has 0 saturated heterocycles. The van der Waals surface area contributed by atoms with E-state index in [0.717, 1.165) is 29.9 Å². The summed E-state index contributed by atoms with van der Waals surface area (Å²) >= 11 is 0. The fourth-order valence-corrected chi connectivity index (χ4v) is 2.12. The molecule has 0 bridgehead atoms. The molecule has 1 aromatic rings. The van der Waals surface area contributed by atoms with Crippen LogP contribution in [-0.2, 0) is 0 Å². The molecule has 0 radical (unpaired) electrons. The lowest BCUT2D eigenvalue weighted by Crippen LogP contribution is -2.19. The van der Waals surface area contributed by atoms with E-state index in [9.17, 15) is 5.11 Å². The van der Waals surface area contributed by atoms with Crippen LogP contribution in [0.2, 0.25) is 0 Å². The zero-order valence-corrected chi connectivity index (χ0v) is 8.48. The van der Waals surface area contributed by atoms with Crippen LogP contribution in [-0.4, -0.2) is 11.9 Å². The van der Waals surface area contributed by atoms with Crippen molar-refractivity contribution in [3.05, 3.63) is 23.8 Å². The summed E-state index contributed by atoms with van der Waals surface area (Å²) in [5.41, 5.74) is 0.948. The number of benzene rings is 1. The van der Waals surface area contributed by atoms with E-state index in [1.54, 1.807) is 0 Å². The molecule has 1 unspecified atom stereocenters. The molecular weight excluding hydrogens is 192 g/mol. The summed E-state index contributed by atoms with van der Waals surface area (Å²) in [6.45, 7) is 0.290. The van der Waals surface area contributed by atoms with Gasteiger partial charge in [0.15, 0.2) is 11.5 Å². The molecule has 1 fully saturated rings. The van der Waals surface area contributed by atoms with Crippen LogP contribution >= 0.6 is 0 Å². The van der Waals surface area contributed by atoms with Crippen molar-refractivity contribution in [1.29, 1.82) is 0 Å². The summed E-state index contributed by atoms with van der Waals surface area (Å²) in [6, 6.07) is 5.70. The molecule has 80 valence electrons. The highest BCUT2D eigenvalue weighted by atomic mass is 16.7. The van der Waals surface area contributed by atoms with Gasteiger partial charge in [0.1, 0.15) is 0 Å². The summed E-state index contributed by atoms with van der Waals surface area (Å²) in [7, 11) is 0. The van der Waals surface area contributed by atoms with Crippen molar-refractivity contribution >= 4 is 0 Å². The maximum atomic E-state index is 10.1. The first-order valence-electron chi connectivity index (χ1n) is 5.42. The van der Waals surface area contributed by atoms with Gasteiger partial charge in [-0.05, 0) is 36.5 Å². The van der Waals surface area contributed by atoms with E-state index in [-0.39, 0.29) is 12.9 Å². The lowest BCUT2D eigenvalue weighted by atomic mass is 9.79. The van der Waals surface area contributed by atoms with Gasteiger partial charge >= 0.3 is 0 Å². The van der Waals surface area contributed by atoms with Crippen LogP contribution in [0.1, 0.15) is 30.9 Å². The molecular formula is C12H14O3. The second-order valence-corrected chi connectivity index (χ2v) is 4.25. The lowest BCUT2D eigenvalue weighted by molar-refractivity contribution is 0.0619. The Morgan fingerprint density at radius 3 is 2.73 bits per heavy atom. The predicted molar refractivity (Wildman–Crippen MR) is 54.9 cm³/mol. The largest absolute Gasteiger partial charge is 0.454 e. The van der Waals surface area contributed by atoms with Crippen LogP contribution in [0.25, 0.3) is 0 Å². The van der Waals surface area contributed by atoms with Crippen molar-refractivity contribution in [1.82, 2.24) is 0 Å². The van der Waals surface area contributed by atoms with Gasteiger partial charge in [0, 0.05) is 0 Å². The number of fused-ring (bicyclic) bond motifs is 1. The third-order valence-electron chi connectivity index (χ3n) is 3.33.